The first-order valence-corrected chi connectivity index (χ1v) is 7.36. The van der Waals surface area contributed by atoms with Crippen LogP contribution in [-0.2, 0) is 6.61 Å². The molecular weight excluding hydrogens is 332 g/mol. The third-order valence-corrected chi connectivity index (χ3v) is 4.02. The molecule has 0 aliphatic rings. The van der Waals surface area contributed by atoms with Gasteiger partial charge in [0.1, 0.15) is 24.4 Å². The normalized spacial score (nSPS) is 10.3. The smallest absolute Gasteiger partial charge is 0.150 e. The minimum absolute atomic E-state index is 0.430. The molecule has 21 heavy (non-hydrogen) atoms. The van der Waals surface area contributed by atoms with E-state index in [2.05, 4.69) is 15.9 Å². The largest absolute Gasteiger partial charge is 0.497 e. The van der Waals surface area contributed by atoms with Crippen LogP contribution in [0.1, 0.15) is 27.0 Å². The second-order valence-corrected chi connectivity index (χ2v) is 5.70. The van der Waals surface area contributed by atoms with E-state index in [1.807, 2.05) is 44.2 Å². The SMILES string of the molecule is COc1ccc(Br)c(COc2c(C)cc(C=O)cc2C)c1. The highest BCUT2D eigenvalue weighted by Gasteiger charge is 2.09. The number of benzene rings is 2. The monoisotopic (exact) mass is 348 g/mol. The summed E-state index contributed by atoms with van der Waals surface area (Å²) in [4.78, 5) is 10.9. The van der Waals surface area contributed by atoms with E-state index in [1.165, 1.54) is 0 Å². The van der Waals surface area contributed by atoms with Crippen molar-refractivity contribution >= 4 is 22.2 Å². The van der Waals surface area contributed by atoms with Gasteiger partial charge in [-0.2, -0.15) is 0 Å². The second-order valence-electron chi connectivity index (χ2n) is 4.85. The van der Waals surface area contributed by atoms with E-state index < -0.39 is 0 Å². The van der Waals surface area contributed by atoms with Crippen molar-refractivity contribution in [1.29, 1.82) is 0 Å². The summed E-state index contributed by atoms with van der Waals surface area (Å²) in [7, 11) is 1.64. The van der Waals surface area contributed by atoms with Crippen LogP contribution in [0.3, 0.4) is 0 Å². The van der Waals surface area contributed by atoms with Crippen molar-refractivity contribution < 1.29 is 14.3 Å². The first-order valence-electron chi connectivity index (χ1n) is 6.56. The fourth-order valence-electron chi connectivity index (χ4n) is 2.22. The van der Waals surface area contributed by atoms with Gasteiger partial charge in [-0.25, -0.2) is 0 Å². The molecule has 0 fully saturated rings. The van der Waals surface area contributed by atoms with Crippen LogP contribution in [0.25, 0.3) is 0 Å². The van der Waals surface area contributed by atoms with Gasteiger partial charge < -0.3 is 9.47 Å². The van der Waals surface area contributed by atoms with Gasteiger partial charge in [0.15, 0.2) is 0 Å². The fraction of sp³-hybridized carbons (Fsp3) is 0.235. The van der Waals surface area contributed by atoms with Gasteiger partial charge in [-0.1, -0.05) is 15.9 Å². The van der Waals surface area contributed by atoms with E-state index in [4.69, 9.17) is 9.47 Å². The Hall–Kier alpha value is -1.81. The number of aryl methyl sites for hydroxylation is 2. The van der Waals surface area contributed by atoms with Gasteiger partial charge in [-0.15, -0.1) is 0 Å². The molecule has 110 valence electrons. The van der Waals surface area contributed by atoms with Crippen LogP contribution in [0.15, 0.2) is 34.8 Å². The topological polar surface area (TPSA) is 35.5 Å². The molecule has 0 spiro atoms. The van der Waals surface area contributed by atoms with Crippen LogP contribution < -0.4 is 9.47 Å². The summed E-state index contributed by atoms with van der Waals surface area (Å²) < 4.78 is 12.1. The number of hydrogen-bond donors (Lipinski definition) is 0. The molecule has 0 aliphatic heterocycles. The minimum atomic E-state index is 0.430. The van der Waals surface area contributed by atoms with Crippen LogP contribution in [0.4, 0.5) is 0 Å². The van der Waals surface area contributed by atoms with Crippen molar-refractivity contribution in [2.24, 2.45) is 0 Å². The Labute approximate surface area is 133 Å². The van der Waals surface area contributed by atoms with Crippen molar-refractivity contribution in [3.8, 4) is 11.5 Å². The van der Waals surface area contributed by atoms with Gasteiger partial charge in [-0.05, 0) is 55.3 Å². The Morgan fingerprint density at radius 3 is 2.38 bits per heavy atom. The zero-order chi connectivity index (χ0) is 15.4. The third kappa shape index (κ3) is 3.64. The molecule has 0 atom stereocenters. The van der Waals surface area contributed by atoms with E-state index in [1.54, 1.807) is 7.11 Å². The van der Waals surface area contributed by atoms with E-state index in [0.717, 1.165) is 38.9 Å². The van der Waals surface area contributed by atoms with Crippen LogP contribution in [0.2, 0.25) is 0 Å². The Balaban J connectivity index is 2.22. The number of hydrogen-bond acceptors (Lipinski definition) is 3. The Kier molecular flexibility index (Phi) is 5.02. The van der Waals surface area contributed by atoms with E-state index in [9.17, 15) is 4.79 Å². The van der Waals surface area contributed by atoms with E-state index in [-0.39, 0.29) is 0 Å². The molecule has 2 rings (SSSR count). The van der Waals surface area contributed by atoms with E-state index in [0.29, 0.717) is 12.2 Å². The summed E-state index contributed by atoms with van der Waals surface area (Å²) >= 11 is 3.51. The molecule has 2 aromatic rings. The van der Waals surface area contributed by atoms with Crippen LogP contribution >= 0.6 is 15.9 Å². The minimum Gasteiger partial charge on any atom is -0.497 e. The van der Waals surface area contributed by atoms with Gasteiger partial charge in [0, 0.05) is 15.6 Å². The molecule has 0 aromatic heterocycles. The molecule has 0 aliphatic carbocycles. The van der Waals surface area contributed by atoms with Gasteiger partial charge in [-0.3, -0.25) is 4.79 Å². The Morgan fingerprint density at radius 1 is 1.14 bits per heavy atom. The molecular formula is C17H17BrO3. The lowest BCUT2D eigenvalue weighted by Crippen LogP contribution is -2.01. The first-order chi connectivity index (χ1) is 10.0. The lowest BCUT2D eigenvalue weighted by atomic mass is 10.1. The fourth-order valence-corrected chi connectivity index (χ4v) is 2.58. The number of halogens is 1. The maximum Gasteiger partial charge on any atom is 0.150 e. The van der Waals surface area contributed by atoms with Crippen LogP contribution in [0.5, 0.6) is 11.5 Å². The van der Waals surface area contributed by atoms with E-state index >= 15 is 0 Å². The molecule has 0 radical (unpaired) electrons. The molecule has 2 aromatic carbocycles. The molecule has 0 amide bonds. The highest BCUT2D eigenvalue weighted by atomic mass is 79.9. The highest BCUT2D eigenvalue weighted by molar-refractivity contribution is 9.10. The predicted molar refractivity (Wildman–Crippen MR) is 86.3 cm³/mol. The summed E-state index contributed by atoms with van der Waals surface area (Å²) in [5.41, 5.74) is 3.58. The number of ether oxygens (including phenoxy) is 2. The average Bonchev–Trinajstić information content (AvgIpc) is 2.47. The maximum atomic E-state index is 10.9. The van der Waals surface area contributed by atoms with Crippen molar-refractivity contribution in [3.05, 3.63) is 57.1 Å². The summed E-state index contributed by atoms with van der Waals surface area (Å²) in [5, 5.41) is 0. The zero-order valence-corrected chi connectivity index (χ0v) is 13.9. The molecule has 0 heterocycles. The summed E-state index contributed by atoms with van der Waals surface area (Å²) in [6.45, 7) is 4.31. The lowest BCUT2D eigenvalue weighted by molar-refractivity contribution is 0.112. The number of aldehydes is 1. The highest BCUT2D eigenvalue weighted by Crippen LogP contribution is 2.28. The molecule has 0 N–H and O–H groups in total. The Morgan fingerprint density at radius 2 is 1.81 bits per heavy atom. The molecule has 0 bridgehead atoms. The molecule has 3 nitrogen and oxygen atoms in total. The zero-order valence-electron chi connectivity index (χ0n) is 12.3. The number of methoxy groups -OCH3 is 1. The number of rotatable bonds is 5. The van der Waals surface area contributed by atoms with Crippen molar-refractivity contribution in [1.82, 2.24) is 0 Å². The summed E-state index contributed by atoms with van der Waals surface area (Å²) in [6.07, 6.45) is 0.850. The maximum absolute atomic E-state index is 10.9. The van der Waals surface area contributed by atoms with Gasteiger partial charge in [0.25, 0.3) is 0 Å². The number of carbonyl (C=O) groups excluding carboxylic acids is 1. The standard InChI is InChI=1S/C17H17BrO3/c1-11-6-13(9-19)7-12(2)17(11)21-10-14-8-15(20-3)4-5-16(14)18/h4-9H,10H2,1-3H3. The van der Waals surface area contributed by atoms with Crippen molar-refractivity contribution in [3.63, 3.8) is 0 Å². The second kappa shape index (κ2) is 6.76. The first kappa shape index (κ1) is 15.6. The Bertz CT molecular complexity index is 642. The molecule has 0 saturated heterocycles. The molecule has 0 saturated carbocycles. The summed E-state index contributed by atoms with van der Waals surface area (Å²) in [5.74, 6) is 1.61. The predicted octanol–water partition coefficient (Wildman–Crippen LogP) is 4.47. The van der Waals surface area contributed by atoms with Gasteiger partial charge in [0.05, 0.1) is 7.11 Å². The number of carbonyl (C=O) groups is 1. The van der Waals surface area contributed by atoms with Gasteiger partial charge >= 0.3 is 0 Å². The average molecular weight is 349 g/mol. The van der Waals surface area contributed by atoms with Crippen LogP contribution in [0, 0.1) is 13.8 Å². The lowest BCUT2D eigenvalue weighted by Gasteiger charge is -2.14. The van der Waals surface area contributed by atoms with Crippen molar-refractivity contribution in [2.45, 2.75) is 20.5 Å². The van der Waals surface area contributed by atoms with Crippen LogP contribution in [-0.4, -0.2) is 13.4 Å². The third-order valence-electron chi connectivity index (χ3n) is 3.24. The van der Waals surface area contributed by atoms with Crippen molar-refractivity contribution in [2.75, 3.05) is 7.11 Å². The summed E-state index contributed by atoms with van der Waals surface area (Å²) in [6, 6.07) is 9.43. The van der Waals surface area contributed by atoms with Gasteiger partial charge in [0.2, 0.25) is 0 Å². The molecule has 4 heteroatoms. The quantitative estimate of drug-likeness (QED) is 0.748. The molecule has 0 unspecified atom stereocenters.